The number of anilines is 1. The van der Waals surface area contributed by atoms with Crippen LogP contribution < -0.4 is 5.32 Å². The summed E-state index contributed by atoms with van der Waals surface area (Å²) in [7, 11) is 1.69. The number of imidazole rings is 1. The summed E-state index contributed by atoms with van der Waals surface area (Å²) in [4.78, 5) is 17.6. The van der Waals surface area contributed by atoms with Gasteiger partial charge in [0.2, 0.25) is 0 Å². The van der Waals surface area contributed by atoms with Crippen molar-refractivity contribution in [3.8, 4) is 0 Å². The van der Waals surface area contributed by atoms with E-state index in [1.807, 2.05) is 0 Å². The van der Waals surface area contributed by atoms with E-state index in [1.54, 1.807) is 24.9 Å². The summed E-state index contributed by atoms with van der Waals surface area (Å²) in [5, 5.41) is 18.0. The molecule has 2 aliphatic carbocycles. The molecule has 0 saturated heterocycles. The van der Waals surface area contributed by atoms with Crippen molar-refractivity contribution in [3.63, 3.8) is 0 Å². The van der Waals surface area contributed by atoms with E-state index < -0.39 is 29.1 Å². The van der Waals surface area contributed by atoms with Gasteiger partial charge in [-0.15, -0.1) is 0 Å². The lowest BCUT2D eigenvalue weighted by molar-refractivity contribution is -0.140. The minimum Gasteiger partial charge on any atom is -0.383 e. The first-order chi connectivity index (χ1) is 17.4. The number of aliphatic hydroxyl groups is 1. The molecular weight excluding hydrogens is 514 g/mol. The number of carbonyl (C=O) groups excluding carboxylic acids is 1. The van der Waals surface area contributed by atoms with Gasteiger partial charge in [0.05, 0.1) is 22.6 Å². The zero-order chi connectivity index (χ0) is 26.7. The van der Waals surface area contributed by atoms with E-state index >= 15 is 0 Å². The van der Waals surface area contributed by atoms with Gasteiger partial charge in [0.1, 0.15) is 22.8 Å². The number of carbonyl (C=O) groups is 1. The summed E-state index contributed by atoms with van der Waals surface area (Å²) in [5.74, 6) is -1.17. The molecule has 2 atom stereocenters. The van der Waals surface area contributed by atoms with Crippen molar-refractivity contribution in [1.82, 2.24) is 19.3 Å². The maximum absolute atomic E-state index is 13.7. The normalized spacial score (nSPS) is 25.5. The Morgan fingerprint density at radius 3 is 2.54 bits per heavy atom. The summed E-state index contributed by atoms with van der Waals surface area (Å²) in [6.07, 6.45) is -0.605. The number of halogens is 5. The van der Waals surface area contributed by atoms with Crippen LogP contribution >= 0.6 is 11.6 Å². The van der Waals surface area contributed by atoms with Gasteiger partial charge in [0.25, 0.3) is 5.91 Å². The highest BCUT2D eigenvalue weighted by atomic mass is 35.5. The lowest BCUT2D eigenvalue weighted by Gasteiger charge is -2.24. The van der Waals surface area contributed by atoms with Crippen LogP contribution in [0.5, 0.6) is 0 Å². The van der Waals surface area contributed by atoms with Crippen LogP contribution in [-0.4, -0.2) is 30.3 Å². The maximum Gasteiger partial charge on any atom is 0.419 e. The molecule has 2 heterocycles. The number of nitrogens with one attached hydrogen (secondary N) is 1. The fourth-order valence-corrected chi connectivity index (χ4v) is 6.18. The molecule has 2 aromatic heterocycles. The third kappa shape index (κ3) is 4.63. The first kappa shape index (κ1) is 25.7. The molecule has 2 aliphatic rings. The fraction of sp³-hybridized carbons (Fsp3) is 0.480. The van der Waals surface area contributed by atoms with Crippen LogP contribution in [0.3, 0.4) is 0 Å². The zero-order valence-corrected chi connectivity index (χ0v) is 20.9. The molecule has 5 rings (SSSR count). The van der Waals surface area contributed by atoms with Gasteiger partial charge in [-0.05, 0) is 62.6 Å². The number of hydrogen-bond acceptors (Lipinski definition) is 4. The van der Waals surface area contributed by atoms with Crippen LogP contribution in [0.1, 0.15) is 66.0 Å². The van der Waals surface area contributed by atoms with Gasteiger partial charge >= 0.3 is 6.18 Å². The monoisotopic (exact) mass is 539 g/mol. The molecule has 2 N–H and O–H groups in total. The molecular formula is C25H26ClF4N5O2. The predicted molar refractivity (Wildman–Crippen MR) is 128 cm³/mol. The smallest absolute Gasteiger partial charge is 0.383 e. The Bertz CT molecular complexity index is 1340. The molecule has 3 aromatic rings. The molecule has 1 amide bonds. The van der Waals surface area contributed by atoms with Gasteiger partial charge in [-0.1, -0.05) is 11.6 Å². The second kappa shape index (κ2) is 9.13. The van der Waals surface area contributed by atoms with Gasteiger partial charge in [0, 0.05) is 31.4 Å². The van der Waals surface area contributed by atoms with Gasteiger partial charge < -0.3 is 15.0 Å². The first-order valence-corrected chi connectivity index (χ1v) is 12.4. The van der Waals surface area contributed by atoms with E-state index in [2.05, 4.69) is 15.4 Å². The third-order valence-electron chi connectivity index (χ3n) is 7.62. The molecule has 2 unspecified atom stereocenters. The number of aryl methyl sites for hydroxylation is 2. The Kier molecular flexibility index (Phi) is 6.34. The number of alkyl halides is 3. The quantitative estimate of drug-likeness (QED) is 0.420. The van der Waals surface area contributed by atoms with Crippen LogP contribution in [0.15, 0.2) is 30.7 Å². The second-order valence-electron chi connectivity index (χ2n) is 10.0. The van der Waals surface area contributed by atoms with Crippen LogP contribution in [-0.2, 0) is 25.4 Å². The molecule has 198 valence electrons. The molecule has 12 heteroatoms. The Morgan fingerprint density at radius 1 is 1.27 bits per heavy atom. The second-order valence-corrected chi connectivity index (χ2v) is 10.5. The number of rotatable bonds is 5. The molecule has 0 bridgehead atoms. The van der Waals surface area contributed by atoms with Crippen molar-refractivity contribution >= 4 is 23.2 Å². The summed E-state index contributed by atoms with van der Waals surface area (Å²) in [6.45, 7) is 1.96. The Hall–Kier alpha value is -2.92. The minimum atomic E-state index is -4.61. The highest BCUT2D eigenvalue weighted by molar-refractivity contribution is 6.31. The summed E-state index contributed by atoms with van der Waals surface area (Å²) >= 11 is 5.82. The standard InChI is InChI=1S/C25H26ClF4N5O2/c1-3-35-11-17(25(28,29)30)22(33-35)24(37)9-14-6-13(7-15(14)10-24)20-21(34(2)12-31-20)23(36)32-16-4-5-19(27)18(26)8-16/h4-5,8,11-15,37H,3,6-7,9-10H2,1-2H3,(H,32,36). The Morgan fingerprint density at radius 2 is 1.95 bits per heavy atom. The average Bonchev–Trinajstić information content (AvgIpc) is 3.57. The lowest BCUT2D eigenvalue weighted by Crippen LogP contribution is -2.27. The highest BCUT2D eigenvalue weighted by Crippen LogP contribution is 2.57. The molecule has 0 spiro atoms. The van der Waals surface area contributed by atoms with Crippen molar-refractivity contribution in [2.45, 2.75) is 56.8 Å². The Labute approximate surface area is 215 Å². The average molecular weight is 540 g/mol. The van der Waals surface area contributed by atoms with Crippen molar-refractivity contribution in [3.05, 3.63) is 64.2 Å². The number of nitrogens with zero attached hydrogens (tertiary/aromatic N) is 4. The number of aromatic nitrogens is 4. The minimum absolute atomic E-state index is 0.0308. The maximum atomic E-state index is 13.7. The number of benzene rings is 1. The largest absolute Gasteiger partial charge is 0.419 e. The molecule has 2 saturated carbocycles. The lowest BCUT2D eigenvalue weighted by atomic mass is 9.88. The van der Waals surface area contributed by atoms with E-state index in [1.165, 1.54) is 16.8 Å². The molecule has 0 aliphatic heterocycles. The number of hydrogen-bond donors (Lipinski definition) is 2. The van der Waals surface area contributed by atoms with Crippen LogP contribution in [0.4, 0.5) is 23.2 Å². The van der Waals surface area contributed by atoms with E-state index in [4.69, 9.17) is 11.6 Å². The third-order valence-corrected chi connectivity index (χ3v) is 7.91. The van der Waals surface area contributed by atoms with Crippen LogP contribution in [0.25, 0.3) is 0 Å². The van der Waals surface area contributed by atoms with E-state index in [0.29, 0.717) is 29.9 Å². The van der Waals surface area contributed by atoms with Crippen molar-refractivity contribution in [2.24, 2.45) is 18.9 Å². The van der Waals surface area contributed by atoms with E-state index in [-0.39, 0.29) is 47.9 Å². The molecule has 0 radical (unpaired) electrons. The van der Waals surface area contributed by atoms with Gasteiger partial charge in [0.15, 0.2) is 0 Å². The predicted octanol–water partition coefficient (Wildman–Crippen LogP) is 5.49. The van der Waals surface area contributed by atoms with Gasteiger partial charge in [-0.2, -0.15) is 18.3 Å². The number of fused-ring (bicyclic) bond motifs is 1. The zero-order valence-electron chi connectivity index (χ0n) is 20.2. The topological polar surface area (TPSA) is 85.0 Å². The molecule has 2 fully saturated rings. The summed E-state index contributed by atoms with van der Waals surface area (Å²) < 4.78 is 57.3. The van der Waals surface area contributed by atoms with Crippen molar-refractivity contribution in [1.29, 1.82) is 0 Å². The molecule has 7 nitrogen and oxygen atoms in total. The van der Waals surface area contributed by atoms with Crippen LogP contribution in [0.2, 0.25) is 5.02 Å². The fourth-order valence-electron chi connectivity index (χ4n) is 6.00. The molecule has 1 aromatic carbocycles. The van der Waals surface area contributed by atoms with E-state index in [9.17, 15) is 27.5 Å². The number of amides is 1. The first-order valence-electron chi connectivity index (χ1n) is 12.0. The summed E-state index contributed by atoms with van der Waals surface area (Å²) in [6, 6.07) is 3.89. The van der Waals surface area contributed by atoms with E-state index in [0.717, 1.165) is 12.3 Å². The van der Waals surface area contributed by atoms with Gasteiger partial charge in [-0.25, -0.2) is 9.37 Å². The van der Waals surface area contributed by atoms with Crippen molar-refractivity contribution in [2.75, 3.05) is 5.32 Å². The van der Waals surface area contributed by atoms with Crippen molar-refractivity contribution < 1.29 is 27.5 Å². The highest BCUT2D eigenvalue weighted by Gasteiger charge is 2.54. The molecule has 37 heavy (non-hydrogen) atoms. The SMILES string of the molecule is CCn1cc(C(F)(F)F)c(C2(O)CC3CC(c4ncn(C)c4C(=O)Nc4ccc(F)c(Cl)c4)CC3C2)n1. The van der Waals surface area contributed by atoms with Crippen LogP contribution in [0, 0.1) is 17.7 Å². The van der Waals surface area contributed by atoms with Gasteiger partial charge in [-0.3, -0.25) is 9.48 Å². The summed E-state index contributed by atoms with van der Waals surface area (Å²) in [5.41, 5.74) is -1.57. The Balaban J connectivity index is 1.34.